The molecule has 1 aromatic rings. The molecule has 8 heteroatoms. The van der Waals surface area contributed by atoms with Crippen LogP contribution in [0.5, 0.6) is 5.75 Å². The normalized spacial score (nSPS) is 24.0. The van der Waals surface area contributed by atoms with Gasteiger partial charge in [0.05, 0.1) is 6.61 Å². The first kappa shape index (κ1) is 17.5. The predicted molar refractivity (Wildman–Crippen MR) is 73.3 cm³/mol. The number of aliphatic hydroxyl groups is 1. The number of alkyl halides is 2. The fourth-order valence-electron chi connectivity index (χ4n) is 2.84. The molecule has 0 aromatic heterocycles. The number of carbonyl (C=O) groups excluding carboxylic acids is 1. The van der Waals surface area contributed by atoms with E-state index in [0.29, 0.717) is 25.0 Å². The van der Waals surface area contributed by atoms with Gasteiger partial charge in [0.1, 0.15) is 22.9 Å². The van der Waals surface area contributed by atoms with Crippen molar-refractivity contribution in [3.8, 4) is 5.75 Å². The molecule has 0 radical (unpaired) electrons. The average molecular weight is 335 g/mol. The fourth-order valence-corrected chi connectivity index (χ4v) is 2.84. The van der Waals surface area contributed by atoms with E-state index in [2.05, 4.69) is 10.1 Å². The molecule has 0 spiro atoms. The molecule has 2 atom stereocenters. The topological polar surface area (TPSA) is 58.6 Å². The Morgan fingerprint density at radius 3 is 2.57 bits per heavy atom. The number of carbonyl (C=O) groups is 1. The van der Waals surface area contributed by atoms with E-state index in [9.17, 15) is 27.5 Å². The summed E-state index contributed by atoms with van der Waals surface area (Å²) >= 11 is 0. The molecule has 1 aliphatic rings. The summed E-state index contributed by atoms with van der Waals surface area (Å²) in [5.74, 6) is -4.27. The third-order valence-corrected chi connectivity index (χ3v) is 4.22. The maximum absolute atomic E-state index is 13.9. The summed E-state index contributed by atoms with van der Waals surface area (Å²) in [6.45, 7) is -1.61. The van der Waals surface area contributed by atoms with Crippen LogP contribution >= 0.6 is 0 Å². The van der Waals surface area contributed by atoms with Gasteiger partial charge in [0, 0.05) is 23.6 Å². The number of aliphatic hydroxyl groups excluding tert-OH is 1. The van der Waals surface area contributed by atoms with E-state index in [1.54, 1.807) is 6.92 Å². The van der Waals surface area contributed by atoms with Crippen LogP contribution in [0, 0.1) is 17.0 Å². The molecule has 1 fully saturated rings. The number of hydrogen-bond acceptors (Lipinski definition) is 3. The molecule has 2 unspecified atom stereocenters. The van der Waals surface area contributed by atoms with E-state index in [4.69, 9.17) is 0 Å². The minimum atomic E-state index is -3.22. The molecule has 0 heterocycles. The van der Waals surface area contributed by atoms with E-state index in [-0.39, 0.29) is 6.61 Å². The van der Waals surface area contributed by atoms with Crippen LogP contribution in [0.2, 0.25) is 0 Å². The van der Waals surface area contributed by atoms with Crippen molar-refractivity contribution in [2.45, 2.75) is 38.8 Å². The third kappa shape index (κ3) is 3.74. The highest BCUT2D eigenvalue weighted by Crippen LogP contribution is 2.37. The van der Waals surface area contributed by atoms with Gasteiger partial charge < -0.3 is 15.2 Å². The zero-order valence-electron chi connectivity index (χ0n) is 12.4. The summed E-state index contributed by atoms with van der Waals surface area (Å²) in [5.41, 5.74) is -1.42. The molecule has 1 aliphatic carbocycles. The molecule has 4 nitrogen and oxygen atoms in total. The van der Waals surface area contributed by atoms with Crippen LogP contribution in [0.3, 0.4) is 0 Å². The van der Waals surface area contributed by atoms with Gasteiger partial charge in [-0.2, -0.15) is 8.78 Å². The fraction of sp³-hybridized carbons (Fsp3) is 0.533. The standard InChI is InChI=1S/C15H17F4NO3/c1-15(7-21)4-2-3-11(15)20-13(22)12-9(16)5-8(6-10(12)17)23-14(18)19/h5-6,11,14,21H,2-4,7H2,1H3,(H,20,22). The molecule has 0 saturated heterocycles. The number of ether oxygens (including phenoxy) is 1. The molecular weight excluding hydrogens is 318 g/mol. The van der Waals surface area contributed by atoms with Gasteiger partial charge in [0.25, 0.3) is 5.91 Å². The second-order valence-corrected chi connectivity index (χ2v) is 5.87. The maximum atomic E-state index is 13.9. The second-order valence-electron chi connectivity index (χ2n) is 5.87. The van der Waals surface area contributed by atoms with Gasteiger partial charge in [0.15, 0.2) is 0 Å². The minimum Gasteiger partial charge on any atom is -0.435 e. The molecule has 2 rings (SSSR count). The van der Waals surface area contributed by atoms with Gasteiger partial charge in [-0.05, 0) is 12.8 Å². The Bertz CT molecular complexity index is 573. The van der Waals surface area contributed by atoms with Gasteiger partial charge in [0.2, 0.25) is 0 Å². The van der Waals surface area contributed by atoms with Gasteiger partial charge in [-0.15, -0.1) is 0 Å². The molecule has 1 aromatic carbocycles. The van der Waals surface area contributed by atoms with E-state index in [0.717, 1.165) is 6.42 Å². The highest BCUT2D eigenvalue weighted by atomic mass is 19.3. The van der Waals surface area contributed by atoms with Crippen LogP contribution in [0.4, 0.5) is 17.6 Å². The van der Waals surface area contributed by atoms with Crippen LogP contribution in [-0.2, 0) is 0 Å². The maximum Gasteiger partial charge on any atom is 0.387 e. The van der Waals surface area contributed by atoms with Crippen LogP contribution in [-0.4, -0.2) is 30.3 Å². The Morgan fingerprint density at radius 1 is 1.43 bits per heavy atom. The SMILES string of the molecule is CC1(CO)CCCC1NC(=O)c1c(F)cc(OC(F)F)cc1F. The molecule has 2 N–H and O–H groups in total. The van der Waals surface area contributed by atoms with E-state index >= 15 is 0 Å². The van der Waals surface area contributed by atoms with Gasteiger partial charge in [-0.3, -0.25) is 4.79 Å². The van der Waals surface area contributed by atoms with Crippen LogP contribution in [0.15, 0.2) is 12.1 Å². The molecule has 1 amide bonds. The Hall–Kier alpha value is -1.83. The Morgan fingerprint density at radius 2 is 2.04 bits per heavy atom. The Labute approximate surface area is 130 Å². The van der Waals surface area contributed by atoms with Crippen molar-refractivity contribution >= 4 is 5.91 Å². The summed E-state index contributed by atoms with van der Waals surface area (Å²) in [5, 5.41) is 11.9. The quantitative estimate of drug-likeness (QED) is 0.814. The van der Waals surface area contributed by atoms with Crippen molar-refractivity contribution in [3.63, 3.8) is 0 Å². The van der Waals surface area contributed by atoms with Crippen molar-refractivity contribution in [3.05, 3.63) is 29.3 Å². The van der Waals surface area contributed by atoms with Gasteiger partial charge in [-0.25, -0.2) is 8.78 Å². The first-order valence-electron chi connectivity index (χ1n) is 7.12. The zero-order chi connectivity index (χ0) is 17.2. The van der Waals surface area contributed by atoms with Gasteiger partial charge >= 0.3 is 6.61 Å². The van der Waals surface area contributed by atoms with Crippen LogP contribution in [0.25, 0.3) is 0 Å². The van der Waals surface area contributed by atoms with E-state index in [1.807, 2.05) is 0 Å². The zero-order valence-corrected chi connectivity index (χ0v) is 12.4. The summed E-state index contributed by atoms with van der Waals surface area (Å²) in [4.78, 5) is 12.1. The van der Waals surface area contributed by atoms with E-state index in [1.165, 1.54) is 0 Å². The average Bonchev–Trinajstić information content (AvgIpc) is 2.79. The van der Waals surface area contributed by atoms with Crippen molar-refractivity contribution in [2.24, 2.45) is 5.41 Å². The minimum absolute atomic E-state index is 0.163. The lowest BCUT2D eigenvalue weighted by Gasteiger charge is -2.30. The summed E-state index contributed by atoms with van der Waals surface area (Å²) in [6, 6.07) is 0.643. The summed E-state index contributed by atoms with van der Waals surface area (Å²) in [7, 11) is 0. The third-order valence-electron chi connectivity index (χ3n) is 4.22. The molecule has 0 bridgehead atoms. The summed E-state index contributed by atoms with van der Waals surface area (Å²) < 4.78 is 55.8. The first-order chi connectivity index (χ1) is 10.8. The van der Waals surface area contributed by atoms with Crippen molar-refractivity contribution in [1.29, 1.82) is 0 Å². The molecule has 23 heavy (non-hydrogen) atoms. The number of hydrogen-bond donors (Lipinski definition) is 2. The number of amides is 1. The Kier molecular flexibility index (Phi) is 5.13. The lowest BCUT2D eigenvalue weighted by atomic mass is 9.85. The highest BCUT2D eigenvalue weighted by molar-refractivity contribution is 5.95. The lowest BCUT2D eigenvalue weighted by Crippen LogP contribution is -2.45. The number of halogens is 4. The first-order valence-corrected chi connectivity index (χ1v) is 7.12. The number of nitrogens with one attached hydrogen (secondary N) is 1. The predicted octanol–water partition coefficient (Wildman–Crippen LogP) is 2.85. The van der Waals surface area contributed by atoms with Gasteiger partial charge in [-0.1, -0.05) is 13.3 Å². The Balaban J connectivity index is 2.19. The van der Waals surface area contributed by atoms with Crippen molar-refractivity contribution in [2.75, 3.05) is 6.61 Å². The van der Waals surface area contributed by atoms with Crippen molar-refractivity contribution < 1.29 is 32.2 Å². The second kappa shape index (κ2) is 6.74. The largest absolute Gasteiger partial charge is 0.435 e. The van der Waals surface area contributed by atoms with Crippen LogP contribution in [0.1, 0.15) is 36.5 Å². The molecule has 0 aliphatic heterocycles. The lowest BCUT2D eigenvalue weighted by molar-refractivity contribution is -0.0501. The number of rotatable bonds is 5. The summed E-state index contributed by atoms with van der Waals surface area (Å²) in [6.07, 6.45) is 2.04. The van der Waals surface area contributed by atoms with Crippen molar-refractivity contribution in [1.82, 2.24) is 5.32 Å². The van der Waals surface area contributed by atoms with Crippen LogP contribution < -0.4 is 10.1 Å². The highest BCUT2D eigenvalue weighted by Gasteiger charge is 2.39. The van der Waals surface area contributed by atoms with E-state index < -0.39 is 46.9 Å². The number of benzene rings is 1. The molecular formula is C15H17F4NO3. The molecule has 128 valence electrons. The monoisotopic (exact) mass is 335 g/mol. The smallest absolute Gasteiger partial charge is 0.387 e. The molecule has 1 saturated carbocycles.